The largest absolute Gasteiger partial charge is 0.394 e. The Hall–Kier alpha value is -1.21. The van der Waals surface area contributed by atoms with Gasteiger partial charge in [-0.1, -0.05) is 0 Å². The van der Waals surface area contributed by atoms with Crippen LogP contribution in [0.1, 0.15) is 6.23 Å². The smallest absolute Gasteiger partial charge is 0.262 e. The number of H-pyrrole nitrogens is 1. The lowest BCUT2D eigenvalue weighted by atomic mass is 10.1. The minimum Gasteiger partial charge on any atom is -0.394 e. The summed E-state index contributed by atoms with van der Waals surface area (Å²) in [6, 6.07) is 0. The molecule has 0 radical (unpaired) electrons. The van der Waals surface area contributed by atoms with Gasteiger partial charge in [0.1, 0.15) is 18.3 Å². The van der Waals surface area contributed by atoms with Crippen molar-refractivity contribution < 1.29 is 20.1 Å². The first-order valence-corrected chi connectivity index (χ1v) is 7.20. The van der Waals surface area contributed by atoms with Crippen LogP contribution in [0.25, 0.3) is 11.0 Å². The first-order chi connectivity index (χ1) is 9.93. The van der Waals surface area contributed by atoms with Crippen molar-refractivity contribution in [3.8, 4) is 0 Å². The average molecular weight is 408 g/mol. The number of halogens is 1. The van der Waals surface area contributed by atoms with Gasteiger partial charge in [0, 0.05) is 9.77 Å². The van der Waals surface area contributed by atoms with Gasteiger partial charge >= 0.3 is 0 Å². The van der Waals surface area contributed by atoms with Crippen LogP contribution in [0.15, 0.2) is 11.0 Å². The lowest BCUT2D eigenvalue weighted by molar-refractivity contribution is -0.0509. The Bertz CT molecular complexity index is 744. The molecule has 3 rings (SSSR count). The normalized spacial score (nSPS) is 29.3. The fourth-order valence-corrected chi connectivity index (χ4v) is 3.22. The van der Waals surface area contributed by atoms with Crippen LogP contribution in [-0.4, -0.2) is 54.8 Å². The zero-order valence-electron chi connectivity index (χ0n) is 10.6. The maximum Gasteiger partial charge on any atom is 0.262 e. The number of anilines is 1. The average Bonchev–Trinajstić information content (AvgIpc) is 2.89. The quantitative estimate of drug-likeness (QED) is 0.381. The van der Waals surface area contributed by atoms with Gasteiger partial charge < -0.3 is 30.4 Å². The second kappa shape index (κ2) is 5.21. The number of aliphatic hydroxyl groups excluding tert-OH is 3. The summed E-state index contributed by atoms with van der Waals surface area (Å²) in [7, 11) is 0. The number of nitrogens with zero attached hydrogens (tertiary/aromatic N) is 2. The molecule has 1 aliphatic heterocycles. The van der Waals surface area contributed by atoms with Crippen molar-refractivity contribution in [3.63, 3.8) is 0 Å². The van der Waals surface area contributed by atoms with Gasteiger partial charge in [-0.05, 0) is 22.6 Å². The SMILES string of the molecule is Nc1nc2c(c(I)cn2C2O[C@H](CO)[C@@H](O)[C@H]2O)c(=O)[nH]1. The van der Waals surface area contributed by atoms with E-state index in [4.69, 9.17) is 15.6 Å². The monoisotopic (exact) mass is 408 g/mol. The molecule has 0 saturated carbocycles. The van der Waals surface area contributed by atoms with Crippen molar-refractivity contribution in [1.29, 1.82) is 0 Å². The molecule has 1 fully saturated rings. The summed E-state index contributed by atoms with van der Waals surface area (Å²) in [5.74, 6) is -0.0602. The molecule has 1 unspecified atom stereocenters. The third kappa shape index (κ3) is 2.23. The van der Waals surface area contributed by atoms with E-state index in [0.29, 0.717) is 8.96 Å². The zero-order chi connectivity index (χ0) is 15.3. The summed E-state index contributed by atoms with van der Waals surface area (Å²) >= 11 is 1.96. The maximum atomic E-state index is 11.9. The number of hydrogen-bond acceptors (Lipinski definition) is 7. The molecule has 114 valence electrons. The molecule has 0 spiro atoms. The summed E-state index contributed by atoms with van der Waals surface area (Å²) in [6.07, 6.45) is -2.77. The summed E-state index contributed by atoms with van der Waals surface area (Å²) in [5, 5.41) is 29.3. The number of ether oxygens (including phenoxy) is 1. The molecular formula is C11H13IN4O5. The highest BCUT2D eigenvalue weighted by Gasteiger charge is 2.44. The van der Waals surface area contributed by atoms with Crippen molar-refractivity contribution in [1.82, 2.24) is 14.5 Å². The van der Waals surface area contributed by atoms with E-state index in [2.05, 4.69) is 9.97 Å². The summed E-state index contributed by atoms with van der Waals surface area (Å²) in [5.41, 5.74) is 5.39. The van der Waals surface area contributed by atoms with Gasteiger partial charge in [-0.3, -0.25) is 9.78 Å². The van der Waals surface area contributed by atoms with Crippen LogP contribution in [0.3, 0.4) is 0 Å². The van der Waals surface area contributed by atoms with Crippen molar-refractivity contribution in [2.75, 3.05) is 12.3 Å². The molecule has 3 heterocycles. The lowest BCUT2D eigenvalue weighted by Gasteiger charge is -2.17. The Morgan fingerprint density at radius 2 is 2.19 bits per heavy atom. The van der Waals surface area contributed by atoms with E-state index in [9.17, 15) is 15.0 Å². The number of aromatic amines is 1. The predicted molar refractivity (Wildman–Crippen MR) is 80.5 cm³/mol. The number of fused-ring (bicyclic) bond motifs is 1. The number of hydrogen-bond donors (Lipinski definition) is 5. The van der Waals surface area contributed by atoms with Gasteiger partial charge in [0.25, 0.3) is 5.56 Å². The molecule has 4 atom stereocenters. The van der Waals surface area contributed by atoms with Crippen molar-refractivity contribution >= 4 is 39.6 Å². The van der Waals surface area contributed by atoms with Gasteiger partial charge in [0.2, 0.25) is 5.95 Å². The Kier molecular flexibility index (Phi) is 3.65. The molecule has 0 aliphatic carbocycles. The third-order valence-electron chi connectivity index (χ3n) is 3.45. The minimum atomic E-state index is -1.25. The lowest BCUT2D eigenvalue weighted by Crippen LogP contribution is -2.33. The summed E-state index contributed by atoms with van der Waals surface area (Å²) < 4.78 is 7.48. The summed E-state index contributed by atoms with van der Waals surface area (Å²) in [4.78, 5) is 18.4. The van der Waals surface area contributed by atoms with Crippen LogP contribution in [0.2, 0.25) is 0 Å². The molecule has 6 N–H and O–H groups in total. The summed E-state index contributed by atoms with van der Waals surface area (Å²) in [6.45, 7) is -0.429. The van der Waals surface area contributed by atoms with E-state index >= 15 is 0 Å². The Balaban J connectivity index is 2.16. The first kappa shape index (κ1) is 14.7. The first-order valence-electron chi connectivity index (χ1n) is 6.12. The fraction of sp³-hybridized carbons (Fsp3) is 0.455. The molecule has 2 aromatic heterocycles. The number of aliphatic hydroxyl groups is 3. The highest BCUT2D eigenvalue weighted by Crippen LogP contribution is 2.32. The van der Waals surface area contributed by atoms with Crippen LogP contribution in [0, 0.1) is 3.57 Å². The molecule has 0 aromatic carbocycles. The van der Waals surface area contributed by atoms with Crippen LogP contribution in [0.4, 0.5) is 5.95 Å². The van der Waals surface area contributed by atoms with E-state index in [1.54, 1.807) is 6.20 Å². The number of nitrogens with two attached hydrogens (primary N) is 1. The van der Waals surface area contributed by atoms with Gasteiger partial charge in [-0.2, -0.15) is 4.98 Å². The number of aromatic nitrogens is 3. The zero-order valence-corrected chi connectivity index (χ0v) is 12.8. The van der Waals surface area contributed by atoms with Crippen molar-refractivity contribution in [2.24, 2.45) is 0 Å². The van der Waals surface area contributed by atoms with E-state index in [-0.39, 0.29) is 11.6 Å². The van der Waals surface area contributed by atoms with Gasteiger partial charge in [-0.15, -0.1) is 0 Å². The number of rotatable bonds is 2. The Morgan fingerprint density at radius 3 is 2.81 bits per heavy atom. The van der Waals surface area contributed by atoms with E-state index in [0.717, 1.165) is 0 Å². The van der Waals surface area contributed by atoms with Crippen molar-refractivity contribution in [2.45, 2.75) is 24.5 Å². The fourth-order valence-electron chi connectivity index (χ4n) is 2.43. The standard InChI is InChI=1S/C11H13IN4O5/c12-3-1-16(8-5(3)9(20)15-11(13)14-8)10-7(19)6(18)4(2-17)21-10/h1,4,6-7,10,17-19H,2H2,(H3,13,14,15,20)/t4-,6-,7-,10?/m1/s1. The minimum absolute atomic E-state index is 0.0602. The van der Waals surface area contributed by atoms with Crippen LogP contribution >= 0.6 is 22.6 Å². The Labute approximate surface area is 131 Å². The van der Waals surface area contributed by atoms with Gasteiger partial charge in [0.15, 0.2) is 11.9 Å². The number of nitrogen functional groups attached to an aromatic ring is 1. The van der Waals surface area contributed by atoms with Gasteiger partial charge in [0.05, 0.1) is 12.0 Å². The molecular weight excluding hydrogens is 395 g/mol. The van der Waals surface area contributed by atoms with Crippen LogP contribution < -0.4 is 11.3 Å². The molecule has 10 heteroatoms. The molecule has 1 saturated heterocycles. The van der Waals surface area contributed by atoms with Crippen LogP contribution in [-0.2, 0) is 4.74 Å². The molecule has 0 amide bonds. The molecule has 21 heavy (non-hydrogen) atoms. The van der Waals surface area contributed by atoms with Crippen molar-refractivity contribution in [3.05, 3.63) is 20.1 Å². The molecule has 0 bridgehead atoms. The van der Waals surface area contributed by atoms with E-state index < -0.39 is 36.7 Å². The second-order valence-corrected chi connectivity index (χ2v) is 5.93. The second-order valence-electron chi connectivity index (χ2n) is 4.76. The molecule has 2 aromatic rings. The topological polar surface area (TPSA) is 147 Å². The number of nitrogens with one attached hydrogen (secondary N) is 1. The molecule has 1 aliphatic rings. The van der Waals surface area contributed by atoms with Crippen LogP contribution in [0.5, 0.6) is 0 Å². The third-order valence-corrected chi connectivity index (χ3v) is 4.26. The van der Waals surface area contributed by atoms with E-state index in [1.165, 1.54) is 4.57 Å². The van der Waals surface area contributed by atoms with E-state index in [1.807, 2.05) is 22.6 Å². The maximum absolute atomic E-state index is 11.9. The highest BCUT2D eigenvalue weighted by molar-refractivity contribution is 14.1. The highest BCUT2D eigenvalue weighted by atomic mass is 127. The van der Waals surface area contributed by atoms with Gasteiger partial charge in [-0.25, -0.2) is 0 Å². The predicted octanol–water partition coefficient (Wildman–Crippen LogP) is -1.48. The molecule has 9 nitrogen and oxygen atoms in total. The Morgan fingerprint density at radius 1 is 1.48 bits per heavy atom.